The fourth-order valence-electron chi connectivity index (χ4n) is 5.61. The Morgan fingerprint density at radius 3 is 2.71 bits per heavy atom. The molecular formula is C27H34ClFN8O4S. The highest BCUT2D eigenvalue weighted by atomic mass is 35.5. The molecule has 4 N–H and O–H groups in total. The number of thiazole rings is 1. The first-order valence-corrected chi connectivity index (χ1v) is 14.8. The molecule has 15 heteroatoms. The van der Waals surface area contributed by atoms with Gasteiger partial charge in [-0.15, -0.1) is 11.3 Å². The molecule has 1 amide bonds. The number of hydrazine groups is 2. The molecule has 3 atom stereocenters. The summed E-state index contributed by atoms with van der Waals surface area (Å²) in [4.78, 5) is 37.5. The van der Waals surface area contributed by atoms with E-state index in [2.05, 4.69) is 10.3 Å². The zero-order chi connectivity index (χ0) is 30.3. The standard InChI is InChI=1S/C27H34ClFN8O4S/c1-5-41-26(39)19-17(13-34-10-11-35-18(22(34)23(30)38)14-36(37(35)40)27(2,3)4)32-24(25-31-9-12-42-25)33-21(19)15-7-6-8-16(29)20(15)28/h6-9,12,18,21-22,40H,5,10-11,13-14H2,1-4H3,(H2,30,38)(H,32,33)/t18-,21+,22+/m1/s1. The predicted octanol–water partition coefficient (Wildman–Crippen LogP) is 2.32. The number of nitrogens with zero attached hydrogens (tertiary/aromatic N) is 6. The minimum absolute atomic E-state index is 0.0842. The highest BCUT2D eigenvalue weighted by molar-refractivity contribution is 7.11. The first-order valence-electron chi connectivity index (χ1n) is 13.6. The lowest BCUT2D eigenvalue weighted by atomic mass is 9.94. The zero-order valence-corrected chi connectivity index (χ0v) is 25.3. The number of carbonyl (C=O) groups excluding carboxylic acids is 2. The molecule has 1 aromatic heterocycles. The number of rotatable bonds is 7. The van der Waals surface area contributed by atoms with Crippen molar-refractivity contribution in [2.45, 2.75) is 51.4 Å². The lowest BCUT2D eigenvalue weighted by molar-refractivity contribution is -0.352. The lowest BCUT2D eigenvalue weighted by Gasteiger charge is -2.44. The Kier molecular flexibility index (Phi) is 8.67. The molecule has 42 heavy (non-hydrogen) atoms. The number of primary amides is 1. The molecular weight excluding hydrogens is 587 g/mol. The van der Waals surface area contributed by atoms with Crippen molar-refractivity contribution in [2.75, 3.05) is 32.8 Å². The van der Waals surface area contributed by atoms with Crippen molar-refractivity contribution < 1.29 is 23.9 Å². The van der Waals surface area contributed by atoms with Gasteiger partial charge in [0, 0.05) is 54.6 Å². The molecule has 2 fully saturated rings. The Hall–Kier alpha value is -2.98. The third kappa shape index (κ3) is 5.67. The minimum Gasteiger partial charge on any atom is -0.463 e. The lowest BCUT2D eigenvalue weighted by Crippen LogP contribution is -2.65. The maximum Gasteiger partial charge on any atom is 0.338 e. The molecule has 4 heterocycles. The van der Waals surface area contributed by atoms with E-state index in [0.717, 1.165) is 5.28 Å². The second kappa shape index (κ2) is 12.0. The number of carbonyl (C=O) groups is 2. The van der Waals surface area contributed by atoms with Gasteiger partial charge in [0.25, 0.3) is 0 Å². The average molecular weight is 621 g/mol. The molecule has 0 spiro atoms. The van der Waals surface area contributed by atoms with E-state index < -0.39 is 41.4 Å². The molecule has 1 aromatic carbocycles. The number of esters is 1. The van der Waals surface area contributed by atoms with Crippen molar-refractivity contribution in [3.8, 4) is 0 Å². The van der Waals surface area contributed by atoms with Crippen LogP contribution >= 0.6 is 22.9 Å². The van der Waals surface area contributed by atoms with Gasteiger partial charge < -0.3 is 15.8 Å². The maximum absolute atomic E-state index is 14.6. The van der Waals surface area contributed by atoms with Crippen molar-refractivity contribution in [3.63, 3.8) is 0 Å². The Labute approximate surface area is 252 Å². The van der Waals surface area contributed by atoms with Crippen molar-refractivity contribution in [3.05, 3.63) is 62.5 Å². The minimum atomic E-state index is -1.01. The number of piperazine rings is 1. The van der Waals surface area contributed by atoms with E-state index in [0.29, 0.717) is 36.2 Å². The molecule has 0 saturated carbocycles. The summed E-state index contributed by atoms with van der Waals surface area (Å²) in [6.45, 7) is 8.85. The number of amides is 1. The summed E-state index contributed by atoms with van der Waals surface area (Å²) in [6.07, 6.45) is 1.63. The largest absolute Gasteiger partial charge is 0.463 e. The van der Waals surface area contributed by atoms with Gasteiger partial charge in [0.1, 0.15) is 17.9 Å². The van der Waals surface area contributed by atoms with Crippen LogP contribution in [0.4, 0.5) is 4.39 Å². The number of aliphatic imine (C=N–C) groups is 1. The van der Waals surface area contributed by atoms with E-state index in [1.165, 1.54) is 23.5 Å². The number of aromatic nitrogens is 1. The van der Waals surface area contributed by atoms with Crippen molar-refractivity contribution in [2.24, 2.45) is 10.7 Å². The van der Waals surface area contributed by atoms with Crippen LogP contribution in [0.3, 0.4) is 0 Å². The first-order chi connectivity index (χ1) is 19.9. The molecule has 3 aliphatic rings. The van der Waals surface area contributed by atoms with Crippen LogP contribution in [0.5, 0.6) is 0 Å². The summed E-state index contributed by atoms with van der Waals surface area (Å²) in [5.74, 6) is -1.50. The Balaban J connectivity index is 1.58. The van der Waals surface area contributed by atoms with Gasteiger partial charge in [0.15, 0.2) is 10.8 Å². The van der Waals surface area contributed by atoms with Crippen molar-refractivity contribution in [1.29, 1.82) is 0 Å². The summed E-state index contributed by atoms with van der Waals surface area (Å²) < 4.78 is 20.1. The van der Waals surface area contributed by atoms with E-state index in [-0.39, 0.29) is 29.3 Å². The quantitative estimate of drug-likeness (QED) is 0.395. The monoisotopic (exact) mass is 620 g/mol. The fraction of sp³-hybridized carbons (Fsp3) is 0.481. The molecule has 2 aromatic rings. The van der Waals surface area contributed by atoms with Gasteiger partial charge in [0.2, 0.25) is 5.91 Å². The van der Waals surface area contributed by atoms with E-state index in [4.69, 9.17) is 27.1 Å². The molecule has 12 nitrogen and oxygen atoms in total. The number of ether oxygens (including phenoxy) is 1. The summed E-state index contributed by atoms with van der Waals surface area (Å²) >= 11 is 7.75. The van der Waals surface area contributed by atoms with Gasteiger partial charge in [-0.1, -0.05) is 23.7 Å². The van der Waals surface area contributed by atoms with Gasteiger partial charge in [-0.25, -0.2) is 14.2 Å². The van der Waals surface area contributed by atoms with Crippen LogP contribution in [0, 0.1) is 5.82 Å². The molecule has 0 unspecified atom stereocenters. The highest BCUT2D eigenvalue weighted by Crippen LogP contribution is 2.38. The van der Waals surface area contributed by atoms with Crippen LogP contribution in [0.15, 0.2) is 46.0 Å². The van der Waals surface area contributed by atoms with Crippen LogP contribution in [0.1, 0.15) is 44.3 Å². The smallest absolute Gasteiger partial charge is 0.338 e. The molecule has 5 rings (SSSR count). The van der Waals surface area contributed by atoms with Crippen LogP contribution in [-0.2, 0) is 14.3 Å². The van der Waals surface area contributed by atoms with Crippen LogP contribution < -0.4 is 11.1 Å². The van der Waals surface area contributed by atoms with E-state index >= 15 is 0 Å². The summed E-state index contributed by atoms with van der Waals surface area (Å²) in [7, 11) is 0. The number of nitrogens with two attached hydrogens (primary N) is 1. The number of amidine groups is 1. The number of nitrogens with one attached hydrogen (secondary N) is 1. The van der Waals surface area contributed by atoms with Crippen LogP contribution in [-0.4, -0.2) is 98.5 Å². The van der Waals surface area contributed by atoms with Gasteiger partial charge in [-0.3, -0.25) is 19.9 Å². The Bertz CT molecular complexity index is 1420. The van der Waals surface area contributed by atoms with E-state index in [1.54, 1.807) is 34.6 Å². The second-order valence-electron chi connectivity index (χ2n) is 11.2. The molecule has 2 saturated heterocycles. The normalized spacial score (nSPS) is 24.4. The third-order valence-corrected chi connectivity index (χ3v) is 8.70. The van der Waals surface area contributed by atoms with Gasteiger partial charge in [0.05, 0.1) is 23.2 Å². The first kappa shape index (κ1) is 30.5. The Morgan fingerprint density at radius 2 is 2.07 bits per heavy atom. The number of fused-ring (bicyclic) bond motifs is 1. The van der Waals surface area contributed by atoms with Crippen molar-refractivity contribution >= 4 is 40.6 Å². The SMILES string of the molecule is CCOC(=O)C1=C(CN2CCN3[C@H](CN(C(C)(C)C)N3O)[C@H]2C(N)=O)NC(c2nccs2)=N[C@H]1c1cccc(F)c1Cl. The summed E-state index contributed by atoms with van der Waals surface area (Å²) in [6, 6.07) is 2.09. The molecule has 0 aliphatic carbocycles. The zero-order valence-electron chi connectivity index (χ0n) is 23.8. The van der Waals surface area contributed by atoms with E-state index in [9.17, 15) is 19.2 Å². The predicted molar refractivity (Wildman–Crippen MR) is 155 cm³/mol. The van der Waals surface area contributed by atoms with Gasteiger partial charge >= 0.3 is 5.97 Å². The summed E-state index contributed by atoms with van der Waals surface area (Å²) in [5, 5.41) is 20.9. The highest BCUT2D eigenvalue weighted by Gasteiger charge is 2.51. The number of halogens is 2. The van der Waals surface area contributed by atoms with Crippen LogP contribution in [0.2, 0.25) is 5.02 Å². The van der Waals surface area contributed by atoms with Crippen LogP contribution in [0.25, 0.3) is 0 Å². The number of hydrogen-bond acceptors (Lipinski definition) is 12. The molecule has 0 radical (unpaired) electrons. The topological polar surface area (TPSA) is 140 Å². The average Bonchev–Trinajstić information content (AvgIpc) is 3.58. The molecule has 226 valence electrons. The molecule has 0 bridgehead atoms. The maximum atomic E-state index is 14.6. The number of hydrogen-bond donors (Lipinski definition) is 3. The molecule has 3 aliphatic heterocycles. The fourth-order valence-corrected chi connectivity index (χ4v) is 6.43. The van der Waals surface area contributed by atoms with Gasteiger partial charge in [-0.2, -0.15) is 10.0 Å². The third-order valence-electron chi connectivity index (χ3n) is 7.52. The Morgan fingerprint density at radius 1 is 1.31 bits per heavy atom. The second-order valence-corrected chi connectivity index (χ2v) is 12.4. The van der Waals surface area contributed by atoms with Gasteiger partial charge in [-0.05, 0) is 39.0 Å². The summed E-state index contributed by atoms with van der Waals surface area (Å²) in [5.41, 5.74) is 6.40. The van der Waals surface area contributed by atoms with Crippen molar-refractivity contribution in [1.82, 2.24) is 30.5 Å². The number of benzene rings is 1. The van der Waals surface area contributed by atoms with E-state index in [1.807, 2.05) is 25.7 Å².